The molecule has 0 fully saturated rings. The van der Waals surface area contributed by atoms with Crippen molar-refractivity contribution in [2.75, 3.05) is 0 Å². The van der Waals surface area contributed by atoms with E-state index in [0.717, 1.165) is 33.8 Å². The largest absolute Gasteiger partial charge is 0.449 e. The van der Waals surface area contributed by atoms with Gasteiger partial charge in [-0.25, -0.2) is 0 Å². The molecule has 0 radical (unpaired) electrons. The van der Waals surface area contributed by atoms with E-state index < -0.39 is 16.9 Å². The van der Waals surface area contributed by atoms with E-state index in [4.69, 9.17) is 13.8 Å². The normalized spacial score (nSPS) is 13.6. The van der Waals surface area contributed by atoms with Crippen molar-refractivity contribution in [2.24, 2.45) is 0 Å². The Morgan fingerprint density at radius 2 is 0.833 bits per heavy atom. The first-order valence-electron chi connectivity index (χ1n) is 13.9. The van der Waals surface area contributed by atoms with Crippen LogP contribution in [-0.4, -0.2) is 17.4 Å². The van der Waals surface area contributed by atoms with Gasteiger partial charge in [-0.2, -0.15) is 0 Å². The zero-order valence-electron chi connectivity index (χ0n) is 24.0. The van der Waals surface area contributed by atoms with Gasteiger partial charge >= 0.3 is 16.9 Å². The van der Waals surface area contributed by atoms with Gasteiger partial charge in [0, 0.05) is 66.1 Å². The number of rotatable bonds is 8. The fourth-order valence-electron chi connectivity index (χ4n) is 5.36. The summed E-state index contributed by atoms with van der Waals surface area (Å²) in [6.07, 6.45) is 16.3. The van der Waals surface area contributed by atoms with E-state index in [1.807, 2.05) is 98.1 Å². The van der Waals surface area contributed by atoms with Crippen molar-refractivity contribution in [2.45, 2.75) is 33.1 Å². The number of hydrogen-bond acceptors (Lipinski definition) is 3. The number of ether oxygens (including phenoxy) is 1. The standard InChI is InChI=1S/C33H32N4O3P2/c1-25-21-27-31(29(23-25)39-41(34-13-5-6-14-34)35-15-7-8-16-35)38-32-28(33(27,3)4)22-26(2)24-30(32)40-42(36-17-9-10-18-36)37-19-11-12-20-37/h5-24H,1-4H3. The molecule has 7 nitrogen and oxygen atoms in total. The third kappa shape index (κ3) is 4.73. The maximum atomic E-state index is 6.89. The van der Waals surface area contributed by atoms with Crippen LogP contribution >= 0.6 is 16.9 Å². The molecule has 0 N–H and O–H groups in total. The quantitative estimate of drug-likeness (QED) is 0.165. The smallest absolute Gasteiger partial charge is 0.317 e. The van der Waals surface area contributed by atoms with Crippen LogP contribution in [0.2, 0.25) is 0 Å². The monoisotopic (exact) mass is 594 g/mol. The summed E-state index contributed by atoms with van der Waals surface area (Å²) in [5, 5.41) is 0. The molecule has 0 saturated carbocycles. The van der Waals surface area contributed by atoms with Crippen molar-refractivity contribution in [1.29, 1.82) is 0 Å². The highest BCUT2D eigenvalue weighted by molar-refractivity contribution is 7.49. The van der Waals surface area contributed by atoms with E-state index in [9.17, 15) is 0 Å². The molecule has 0 spiro atoms. The molecule has 0 aliphatic carbocycles. The van der Waals surface area contributed by atoms with Crippen LogP contribution in [0.4, 0.5) is 0 Å². The number of hydrogen-bond donors (Lipinski definition) is 0. The third-order valence-corrected chi connectivity index (χ3v) is 10.8. The van der Waals surface area contributed by atoms with Gasteiger partial charge in [0.1, 0.15) is 0 Å². The minimum atomic E-state index is -1.24. The predicted octanol–water partition coefficient (Wildman–Crippen LogP) is 9.35. The zero-order valence-corrected chi connectivity index (χ0v) is 25.7. The van der Waals surface area contributed by atoms with Crippen molar-refractivity contribution in [3.05, 3.63) is 145 Å². The van der Waals surface area contributed by atoms with Crippen LogP contribution < -0.4 is 13.8 Å². The molecule has 212 valence electrons. The van der Waals surface area contributed by atoms with Gasteiger partial charge in [0.2, 0.25) is 0 Å². The van der Waals surface area contributed by atoms with Crippen LogP contribution in [0.1, 0.15) is 36.1 Å². The summed E-state index contributed by atoms with van der Waals surface area (Å²) in [7, 11) is -2.47. The average Bonchev–Trinajstić information content (AvgIpc) is 3.80. The second-order valence-corrected chi connectivity index (χ2v) is 14.2. The lowest BCUT2D eigenvalue weighted by Crippen LogP contribution is -2.25. The number of fused-ring (bicyclic) bond motifs is 2. The molecular weight excluding hydrogens is 562 g/mol. The summed E-state index contributed by atoms with van der Waals surface area (Å²) in [6, 6.07) is 24.7. The lowest BCUT2D eigenvalue weighted by molar-refractivity contribution is 0.384. The molecule has 42 heavy (non-hydrogen) atoms. The molecule has 0 amide bonds. The lowest BCUT2D eigenvalue weighted by Gasteiger charge is -2.37. The number of aryl methyl sites for hydroxylation is 2. The highest BCUT2D eigenvalue weighted by atomic mass is 31.2. The number of benzene rings is 2. The van der Waals surface area contributed by atoms with Crippen molar-refractivity contribution in [3.8, 4) is 23.0 Å². The topological polar surface area (TPSA) is 47.4 Å². The minimum absolute atomic E-state index is 0.357. The van der Waals surface area contributed by atoms with E-state index in [1.165, 1.54) is 0 Å². The Kier molecular flexibility index (Phi) is 6.73. The highest BCUT2D eigenvalue weighted by Crippen LogP contribution is 2.58. The van der Waals surface area contributed by atoms with Gasteiger partial charge in [0.05, 0.1) is 0 Å². The third-order valence-electron chi connectivity index (χ3n) is 7.45. The van der Waals surface area contributed by atoms with Crippen LogP contribution in [0.3, 0.4) is 0 Å². The van der Waals surface area contributed by atoms with Gasteiger partial charge in [-0.15, -0.1) is 0 Å². The summed E-state index contributed by atoms with van der Waals surface area (Å²) in [4.78, 5) is 0. The van der Waals surface area contributed by atoms with Gasteiger partial charge in [-0.1, -0.05) is 26.0 Å². The summed E-state index contributed by atoms with van der Waals surface area (Å²) in [6.45, 7) is 8.72. The summed E-state index contributed by atoms with van der Waals surface area (Å²) in [5.41, 5.74) is 4.06. The Hall–Kier alpha value is -4.18. The Morgan fingerprint density at radius 1 is 0.524 bits per heavy atom. The minimum Gasteiger partial charge on any atom is -0.449 e. The average molecular weight is 595 g/mol. The molecule has 2 aromatic carbocycles. The first-order valence-corrected chi connectivity index (χ1v) is 16.2. The predicted molar refractivity (Wildman–Crippen MR) is 169 cm³/mol. The second-order valence-electron chi connectivity index (χ2n) is 10.9. The van der Waals surface area contributed by atoms with Gasteiger partial charge < -0.3 is 13.8 Å². The molecule has 0 unspecified atom stereocenters. The van der Waals surface area contributed by atoms with Crippen LogP contribution in [-0.2, 0) is 5.41 Å². The van der Waals surface area contributed by atoms with Gasteiger partial charge in [-0.3, -0.25) is 17.4 Å². The Bertz CT molecular complexity index is 1610. The lowest BCUT2D eigenvalue weighted by atomic mass is 9.74. The van der Waals surface area contributed by atoms with Gasteiger partial charge in [0.15, 0.2) is 23.0 Å². The highest BCUT2D eigenvalue weighted by Gasteiger charge is 2.39. The van der Waals surface area contributed by atoms with Gasteiger partial charge in [0.25, 0.3) is 0 Å². The van der Waals surface area contributed by atoms with E-state index in [1.54, 1.807) is 0 Å². The zero-order chi connectivity index (χ0) is 28.8. The van der Waals surface area contributed by atoms with E-state index in [2.05, 4.69) is 69.3 Å². The summed E-state index contributed by atoms with van der Waals surface area (Å²) >= 11 is 0. The second kappa shape index (κ2) is 10.6. The molecule has 9 heteroatoms. The SMILES string of the molecule is Cc1cc(OP(n2cccc2)n2cccc2)c2c(c1)C(C)(C)c1cc(C)cc(OP(n3cccc3)n3cccc3)c1O2. The molecule has 7 rings (SSSR count). The molecule has 0 saturated heterocycles. The Morgan fingerprint density at radius 3 is 1.14 bits per heavy atom. The molecule has 5 heterocycles. The summed E-state index contributed by atoms with van der Waals surface area (Å²) < 4.78 is 29.0. The molecule has 0 bridgehead atoms. The van der Waals surface area contributed by atoms with Crippen molar-refractivity contribution in [1.82, 2.24) is 17.4 Å². The molecule has 1 aliphatic rings. The molecule has 1 aliphatic heterocycles. The molecule has 0 atom stereocenters. The first-order chi connectivity index (χ1) is 20.4. The van der Waals surface area contributed by atoms with Crippen molar-refractivity contribution in [3.63, 3.8) is 0 Å². The van der Waals surface area contributed by atoms with E-state index in [0.29, 0.717) is 11.5 Å². The maximum Gasteiger partial charge on any atom is 0.317 e. The van der Waals surface area contributed by atoms with Crippen LogP contribution in [0, 0.1) is 13.8 Å². The Balaban J connectivity index is 1.34. The number of aromatic nitrogens is 4. The van der Waals surface area contributed by atoms with E-state index in [-0.39, 0.29) is 5.41 Å². The van der Waals surface area contributed by atoms with Crippen molar-refractivity contribution < 1.29 is 13.8 Å². The van der Waals surface area contributed by atoms with Crippen LogP contribution in [0.5, 0.6) is 23.0 Å². The summed E-state index contributed by atoms with van der Waals surface area (Å²) in [5.74, 6) is 2.87. The first kappa shape index (κ1) is 26.7. The van der Waals surface area contributed by atoms with Crippen LogP contribution in [0.25, 0.3) is 0 Å². The van der Waals surface area contributed by atoms with Gasteiger partial charge in [-0.05, 0) is 85.6 Å². The maximum absolute atomic E-state index is 6.89. The Labute approximate surface area is 248 Å². The van der Waals surface area contributed by atoms with Crippen LogP contribution in [0.15, 0.2) is 122 Å². The van der Waals surface area contributed by atoms with E-state index >= 15 is 0 Å². The van der Waals surface area contributed by atoms with Crippen molar-refractivity contribution >= 4 is 16.9 Å². The molecule has 6 aromatic rings. The fraction of sp³-hybridized carbons (Fsp3) is 0.152. The molecular formula is C33H32N4O3P2. The molecule has 4 aromatic heterocycles. The number of nitrogens with zero attached hydrogens (tertiary/aromatic N) is 4. The fourth-order valence-corrected chi connectivity index (χ4v) is 8.37.